The molecule has 4 nitrogen and oxygen atoms in total. The number of aryl methyl sites for hydroxylation is 1. The first-order chi connectivity index (χ1) is 9.16. The number of carbonyl (C=O) groups is 1. The number of anilines is 1. The summed E-state index contributed by atoms with van der Waals surface area (Å²) in [6, 6.07) is 8.44. The molecule has 1 N–H and O–H groups in total. The van der Waals surface area contributed by atoms with Gasteiger partial charge in [-0.1, -0.05) is 0 Å². The molecule has 0 saturated carbocycles. The average molecular weight is 257 g/mol. The largest absolute Gasteiger partial charge is 0.369 e. The first-order valence-corrected chi connectivity index (χ1v) is 6.73. The number of fused-ring (bicyclic) bond motifs is 1. The summed E-state index contributed by atoms with van der Waals surface area (Å²) < 4.78 is 1.97. The highest BCUT2D eigenvalue weighted by Gasteiger charge is 2.13. The fourth-order valence-electron chi connectivity index (χ4n) is 2.79. The summed E-state index contributed by atoms with van der Waals surface area (Å²) in [5.41, 5.74) is 3.13. The van der Waals surface area contributed by atoms with Gasteiger partial charge >= 0.3 is 0 Å². The quantitative estimate of drug-likeness (QED) is 0.833. The zero-order chi connectivity index (χ0) is 13.4. The molecule has 1 aliphatic heterocycles. The number of benzene rings is 1. The predicted molar refractivity (Wildman–Crippen MR) is 78.0 cm³/mol. The van der Waals surface area contributed by atoms with E-state index in [9.17, 15) is 4.79 Å². The van der Waals surface area contributed by atoms with Gasteiger partial charge in [-0.05, 0) is 24.3 Å². The highest BCUT2D eigenvalue weighted by Crippen LogP contribution is 2.25. The van der Waals surface area contributed by atoms with Gasteiger partial charge in [-0.3, -0.25) is 4.79 Å². The summed E-state index contributed by atoms with van der Waals surface area (Å²) >= 11 is 0. The first-order valence-electron chi connectivity index (χ1n) is 6.73. The lowest BCUT2D eigenvalue weighted by molar-refractivity contribution is 0.101. The Labute approximate surface area is 113 Å². The van der Waals surface area contributed by atoms with Gasteiger partial charge < -0.3 is 14.8 Å². The van der Waals surface area contributed by atoms with E-state index in [1.165, 1.54) is 5.69 Å². The van der Waals surface area contributed by atoms with Gasteiger partial charge in [0.25, 0.3) is 0 Å². The van der Waals surface area contributed by atoms with Crippen LogP contribution in [0.15, 0.2) is 24.3 Å². The Morgan fingerprint density at radius 3 is 2.63 bits per heavy atom. The lowest BCUT2D eigenvalue weighted by Crippen LogP contribution is -2.43. The second kappa shape index (κ2) is 4.70. The minimum atomic E-state index is 0.113. The molecule has 4 heteroatoms. The lowest BCUT2D eigenvalue weighted by atomic mass is 10.2. The van der Waals surface area contributed by atoms with Gasteiger partial charge in [0.05, 0.1) is 5.69 Å². The maximum absolute atomic E-state index is 11.6. The number of hydrogen-bond donors (Lipinski definition) is 1. The molecule has 1 aromatic carbocycles. The zero-order valence-corrected chi connectivity index (χ0v) is 11.4. The summed E-state index contributed by atoms with van der Waals surface area (Å²) in [5.74, 6) is 0.113. The number of nitrogens with zero attached hydrogens (tertiary/aromatic N) is 2. The minimum absolute atomic E-state index is 0.113. The van der Waals surface area contributed by atoms with E-state index in [0.717, 1.165) is 42.8 Å². The molecule has 0 spiro atoms. The standard InChI is InChI=1S/C15H19N3O/c1-11(19)15-10-12-9-13(3-4-14(12)17(15)2)18-7-5-16-6-8-18/h3-4,9-10,16H,5-8H2,1-2H3. The van der Waals surface area contributed by atoms with Crippen LogP contribution in [0.5, 0.6) is 0 Å². The van der Waals surface area contributed by atoms with E-state index < -0.39 is 0 Å². The Morgan fingerprint density at radius 1 is 1.21 bits per heavy atom. The normalized spacial score (nSPS) is 16.0. The lowest BCUT2D eigenvalue weighted by Gasteiger charge is -2.29. The van der Waals surface area contributed by atoms with Crippen molar-refractivity contribution in [2.75, 3.05) is 31.1 Å². The van der Waals surface area contributed by atoms with Gasteiger partial charge in [-0.2, -0.15) is 0 Å². The first kappa shape index (κ1) is 12.2. The summed E-state index contributed by atoms with van der Waals surface area (Å²) in [5, 5.41) is 4.50. The summed E-state index contributed by atoms with van der Waals surface area (Å²) in [7, 11) is 1.95. The third-order valence-electron chi connectivity index (χ3n) is 3.87. The number of piperazine rings is 1. The Balaban J connectivity index is 2.03. The molecule has 0 amide bonds. The Morgan fingerprint density at radius 2 is 1.95 bits per heavy atom. The van der Waals surface area contributed by atoms with Crippen molar-refractivity contribution >= 4 is 22.4 Å². The van der Waals surface area contributed by atoms with Crippen LogP contribution in [0.2, 0.25) is 0 Å². The van der Waals surface area contributed by atoms with Gasteiger partial charge in [0, 0.05) is 56.7 Å². The molecule has 100 valence electrons. The van der Waals surface area contributed by atoms with E-state index in [0.29, 0.717) is 0 Å². The van der Waals surface area contributed by atoms with Gasteiger partial charge in [-0.15, -0.1) is 0 Å². The molecule has 0 atom stereocenters. The number of Topliss-reactive ketones (excluding diaryl/α,β-unsaturated/α-hetero) is 1. The molecule has 1 aromatic heterocycles. The van der Waals surface area contributed by atoms with Crippen LogP contribution in [0.1, 0.15) is 17.4 Å². The molecule has 19 heavy (non-hydrogen) atoms. The number of rotatable bonds is 2. The fraction of sp³-hybridized carbons (Fsp3) is 0.400. The second-order valence-corrected chi connectivity index (χ2v) is 5.12. The highest BCUT2D eigenvalue weighted by atomic mass is 16.1. The summed E-state index contributed by atoms with van der Waals surface area (Å²) in [6.07, 6.45) is 0. The molecule has 1 fully saturated rings. The van der Waals surface area contributed by atoms with Gasteiger partial charge in [-0.25, -0.2) is 0 Å². The zero-order valence-electron chi connectivity index (χ0n) is 11.4. The monoisotopic (exact) mass is 257 g/mol. The fourth-order valence-corrected chi connectivity index (χ4v) is 2.79. The van der Waals surface area contributed by atoms with E-state index in [1.54, 1.807) is 6.92 Å². The molecule has 2 aromatic rings. The average Bonchev–Trinajstić information content (AvgIpc) is 2.77. The maximum Gasteiger partial charge on any atom is 0.176 e. The summed E-state index contributed by atoms with van der Waals surface area (Å²) in [6.45, 7) is 5.76. The van der Waals surface area contributed by atoms with Crippen molar-refractivity contribution in [3.63, 3.8) is 0 Å². The van der Waals surface area contributed by atoms with Crippen molar-refractivity contribution in [3.8, 4) is 0 Å². The van der Waals surface area contributed by atoms with Crippen LogP contribution in [-0.2, 0) is 7.05 Å². The van der Waals surface area contributed by atoms with Gasteiger partial charge in [0.2, 0.25) is 0 Å². The topological polar surface area (TPSA) is 37.3 Å². The second-order valence-electron chi connectivity index (χ2n) is 5.12. The van der Waals surface area contributed by atoms with E-state index in [4.69, 9.17) is 0 Å². The van der Waals surface area contributed by atoms with E-state index in [-0.39, 0.29) is 5.78 Å². The molecule has 0 unspecified atom stereocenters. The van der Waals surface area contributed by atoms with Crippen LogP contribution in [0.4, 0.5) is 5.69 Å². The SMILES string of the molecule is CC(=O)c1cc2cc(N3CCNCC3)ccc2n1C. The van der Waals surface area contributed by atoms with Crippen molar-refractivity contribution < 1.29 is 4.79 Å². The van der Waals surface area contributed by atoms with Crippen molar-refractivity contribution in [1.29, 1.82) is 0 Å². The van der Waals surface area contributed by atoms with Crippen LogP contribution >= 0.6 is 0 Å². The number of nitrogens with one attached hydrogen (secondary N) is 1. The van der Waals surface area contributed by atoms with Gasteiger partial charge in [0.1, 0.15) is 0 Å². The highest BCUT2D eigenvalue weighted by molar-refractivity contribution is 5.99. The van der Waals surface area contributed by atoms with Crippen LogP contribution in [-0.4, -0.2) is 36.5 Å². The third-order valence-corrected chi connectivity index (χ3v) is 3.87. The Hall–Kier alpha value is -1.81. The molecule has 0 aliphatic carbocycles. The third kappa shape index (κ3) is 2.12. The molecular formula is C15H19N3O. The van der Waals surface area contributed by atoms with Crippen LogP contribution in [0, 0.1) is 0 Å². The maximum atomic E-state index is 11.6. The molecule has 2 heterocycles. The van der Waals surface area contributed by atoms with Crippen LogP contribution in [0.3, 0.4) is 0 Å². The smallest absolute Gasteiger partial charge is 0.176 e. The van der Waals surface area contributed by atoms with Crippen molar-refractivity contribution in [2.45, 2.75) is 6.92 Å². The number of carbonyl (C=O) groups excluding carboxylic acids is 1. The number of hydrogen-bond acceptors (Lipinski definition) is 3. The molecule has 3 rings (SSSR count). The Bertz CT molecular complexity index is 624. The molecule has 0 radical (unpaired) electrons. The molecule has 0 bridgehead atoms. The molecule has 1 saturated heterocycles. The van der Waals surface area contributed by atoms with Crippen LogP contribution < -0.4 is 10.2 Å². The van der Waals surface area contributed by atoms with E-state index in [1.807, 2.05) is 17.7 Å². The Kier molecular flexibility index (Phi) is 3.03. The van der Waals surface area contributed by atoms with Crippen LogP contribution in [0.25, 0.3) is 10.9 Å². The van der Waals surface area contributed by atoms with E-state index >= 15 is 0 Å². The number of aromatic nitrogens is 1. The number of ketones is 1. The van der Waals surface area contributed by atoms with Gasteiger partial charge in [0.15, 0.2) is 5.78 Å². The van der Waals surface area contributed by atoms with Crippen molar-refractivity contribution in [1.82, 2.24) is 9.88 Å². The van der Waals surface area contributed by atoms with E-state index in [2.05, 4.69) is 28.4 Å². The minimum Gasteiger partial charge on any atom is -0.369 e. The predicted octanol–water partition coefficient (Wildman–Crippen LogP) is 1.79. The summed E-state index contributed by atoms with van der Waals surface area (Å²) in [4.78, 5) is 14.0. The van der Waals surface area contributed by atoms with Crippen molar-refractivity contribution in [2.24, 2.45) is 7.05 Å². The molecular weight excluding hydrogens is 238 g/mol. The van der Waals surface area contributed by atoms with Crippen molar-refractivity contribution in [3.05, 3.63) is 30.0 Å². The molecule has 1 aliphatic rings.